The summed E-state index contributed by atoms with van der Waals surface area (Å²) < 4.78 is 100. The molecule has 2 aliphatic rings. The minimum absolute atomic E-state index is 0.159. The lowest BCUT2D eigenvalue weighted by Gasteiger charge is -2.46. The molecule has 21 heteroatoms. The van der Waals surface area contributed by atoms with Gasteiger partial charge in [-0.15, -0.1) is 11.8 Å². The number of nitrogens with one attached hydrogen (secondary N) is 2. The first-order chi connectivity index (χ1) is 32.1. The molecule has 7 rings (SSSR count). The summed E-state index contributed by atoms with van der Waals surface area (Å²) in [4.78, 5) is 41.3. The molecule has 362 valence electrons. The van der Waals surface area contributed by atoms with Crippen LogP contribution in [0.15, 0.2) is 125 Å². The van der Waals surface area contributed by atoms with Gasteiger partial charge in [-0.05, 0) is 117 Å². The fourth-order valence-corrected chi connectivity index (χ4v) is 9.90. The number of aryl methyl sites for hydroxylation is 1. The summed E-state index contributed by atoms with van der Waals surface area (Å²) in [7, 11) is -0.587. The maximum absolute atomic E-state index is 13.5. The third-order valence-corrected chi connectivity index (χ3v) is 13.8. The van der Waals surface area contributed by atoms with Gasteiger partial charge in [-0.2, -0.15) is 26.3 Å². The second kappa shape index (κ2) is 21.9. The Bertz CT molecular complexity index is 2690. The average Bonchev–Trinajstić information content (AvgIpc) is 3.29. The van der Waals surface area contributed by atoms with Gasteiger partial charge < -0.3 is 20.2 Å². The quantitative estimate of drug-likeness (QED) is 0.0395. The maximum Gasteiger partial charge on any atom is 0.490 e. The van der Waals surface area contributed by atoms with Crippen molar-refractivity contribution in [1.82, 2.24) is 14.5 Å². The summed E-state index contributed by atoms with van der Waals surface area (Å²) in [6.45, 7) is 3.59. The van der Waals surface area contributed by atoms with E-state index < -0.39 is 55.3 Å². The van der Waals surface area contributed by atoms with Crippen molar-refractivity contribution in [1.29, 1.82) is 0 Å². The summed E-state index contributed by atoms with van der Waals surface area (Å²) >= 11 is 1.62. The summed E-state index contributed by atoms with van der Waals surface area (Å²) in [5.41, 5.74) is 3.78. The van der Waals surface area contributed by atoms with Crippen LogP contribution in [0.4, 0.5) is 43.4 Å². The SMILES string of the molecule is CN(C)CC[C@H](CSc1ccccc1)Nc1ccc(S(=O)(=O)NC(=O)c2ccc3c(c2)CC[C@H]2CN(Cc4ccccc4-c4ccc(C(F)(F)F)cc4)CCN32)cc1[N+](=O)[O-].O=C(O)C(F)(F)F. The summed E-state index contributed by atoms with van der Waals surface area (Å²) in [5.74, 6) is -2.98. The summed E-state index contributed by atoms with van der Waals surface area (Å²) in [6, 6.07) is 31.6. The van der Waals surface area contributed by atoms with Gasteiger partial charge in [0.25, 0.3) is 21.6 Å². The molecule has 1 amide bonds. The Labute approximate surface area is 393 Å². The Morgan fingerprint density at radius 3 is 2.24 bits per heavy atom. The van der Waals surface area contributed by atoms with Gasteiger partial charge >= 0.3 is 18.3 Å². The van der Waals surface area contributed by atoms with E-state index in [0.717, 1.165) is 77.1 Å². The van der Waals surface area contributed by atoms with Gasteiger partial charge in [0, 0.05) is 66.2 Å². The Hall–Kier alpha value is -6.16. The van der Waals surface area contributed by atoms with Crippen molar-refractivity contribution in [2.45, 2.75) is 60.0 Å². The number of sulfonamides is 1. The average molecular weight is 987 g/mol. The second-order valence-corrected chi connectivity index (χ2v) is 19.2. The zero-order valence-electron chi connectivity index (χ0n) is 36.8. The smallest absolute Gasteiger partial charge is 0.475 e. The Kier molecular flexibility index (Phi) is 16.5. The molecule has 0 bridgehead atoms. The number of anilines is 2. The van der Waals surface area contributed by atoms with Crippen molar-refractivity contribution in [3.8, 4) is 11.1 Å². The fraction of sp³-hybridized carbons (Fsp3) is 0.319. The highest BCUT2D eigenvalue weighted by Crippen LogP contribution is 2.36. The molecule has 0 spiro atoms. The first-order valence-electron chi connectivity index (χ1n) is 21.2. The number of amides is 1. The predicted molar refractivity (Wildman–Crippen MR) is 247 cm³/mol. The first-order valence-corrected chi connectivity index (χ1v) is 23.7. The van der Waals surface area contributed by atoms with Crippen LogP contribution in [0.5, 0.6) is 0 Å². The second-order valence-electron chi connectivity index (χ2n) is 16.4. The molecule has 5 aromatic rings. The lowest BCUT2D eigenvalue weighted by molar-refractivity contribution is -0.384. The van der Waals surface area contributed by atoms with Crippen LogP contribution in [0.25, 0.3) is 11.1 Å². The van der Waals surface area contributed by atoms with E-state index in [1.807, 2.05) is 79.7 Å². The highest BCUT2D eigenvalue weighted by molar-refractivity contribution is 7.99. The number of benzene rings is 5. The minimum atomic E-state index is -5.08. The fourth-order valence-electron chi connectivity index (χ4n) is 7.91. The molecule has 1 saturated heterocycles. The lowest BCUT2D eigenvalue weighted by Crippen LogP contribution is -2.54. The monoisotopic (exact) mass is 986 g/mol. The number of thioether (sulfide) groups is 1. The first kappa shape index (κ1) is 51.2. The zero-order valence-corrected chi connectivity index (χ0v) is 38.4. The van der Waals surface area contributed by atoms with Crippen molar-refractivity contribution in [3.63, 3.8) is 0 Å². The van der Waals surface area contributed by atoms with Crippen LogP contribution in [0.2, 0.25) is 0 Å². The van der Waals surface area contributed by atoms with Crippen LogP contribution in [0.3, 0.4) is 0 Å². The number of halogens is 6. The van der Waals surface area contributed by atoms with Gasteiger partial charge in [0.2, 0.25) is 0 Å². The zero-order chi connectivity index (χ0) is 49.4. The molecule has 2 heterocycles. The Morgan fingerprint density at radius 1 is 0.912 bits per heavy atom. The number of alkyl halides is 6. The van der Waals surface area contributed by atoms with Crippen molar-refractivity contribution in [2.75, 3.05) is 56.2 Å². The van der Waals surface area contributed by atoms with E-state index in [4.69, 9.17) is 9.90 Å². The molecule has 1 fully saturated rings. The molecule has 68 heavy (non-hydrogen) atoms. The number of carboxylic acid groups (broad SMARTS) is 1. The lowest BCUT2D eigenvalue weighted by atomic mass is 9.92. The molecular formula is C47H48F6N6O7S2. The summed E-state index contributed by atoms with van der Waals surface area (Å²) in [6.07, 6.45) is -7.33. The molecule has 13 nitrogen and oxygen atoms in total. The van der Waals surface area contributed by atoms with Crippen molar-refractivity contribution in [3.05, 3.63) is 148 Å². The van der Waals surface area contributed by atoms with Gasteiger partial charge in [-0.3, -0.25) is 19.8 Å². The van der Waals surface area contributed by atoms with Gasteiger partial charge in [0.15, 0.2) is 0 Å². The molecular weight excluding hydrogens is 939 g/mol. The topological polar surface area (TPSA) is 165 Å². The highest BCUT2D eigenvalue weighted by atomic mass is 32.2. The molecule has 2 aliphatic heterocycles. The predicted octanol–water partition coefficient (Wildman–Crippen LogP) is 9.19. The van der Waals surface area contributed by atoms with Crippen LogP contribution in [-0.4, -0.2) is 104 Å². The Morgan fingerprint density at radius 2 is 1.59 bits per heavy atom. The molecule has 0 aliphatic carbocycles. The van der Waals surface area contributed by atoms with Crippen molar-refractivity contribution < 1.29 is 54.4 Å². The number of carbonyl (C=O) groups excluding carboxylic acids is 1. The van der Waals surface area contributed by atoms with Crippen LogP contribution in [0.1, 0.15) is 39.9 Å². The molecule has 0 radical (unpaired) electrons. The van der Waals surface area contributed by atoms with Crippen LogP contribution < -0.4 is 14.9 Å². The standard InChI is InChI=1S/C45H47F3N6O5S2.C2HF3O2/c1-51(2)23-22-36(30-60-38-9-4-3-5-10-38)49-41-20-19-39(27-43(41)54(56)57)61(58,59)50-44(55)33-15-21-42-32(26-33)14-18-37-29-52(24-25-53(37)42)28-34-8-6-7-11-40(34)31-12-16-35(17-13-31)45(46,47)48;3-2(4,5)1(6)7/h3-13,15-17,19-21,26-27,36-37,49H,14,18,22-25,28-30H2,1-2H3,(H,50,55);(H,6,7)/t36-,37+;/m1./s1. The van der Waals surface area contributed by atoms with Crippen LogP contribution in [0, 0.1) is 10.1 Å². The molecule has 0 aromatic heterocycles. The maximum atomic E-state index is 13.5. The normalized spacial score (nSPS) is 15.6. The number of carboxylic acids is 1. The van der Waals surface area contributed by atoms with E-state index in [1.54, 1.807) is 23.9 Å². The molecule has 0 unspecified atom stereocenters. The number of aliphatic carboxylic acids is 1. The molecule has 3 N–H and O–H groups in total. The van der Waals surface area contributed by atoms with E-state index >= 15 is 0 Å². The van der Waals surface area contributed by atoms with E-state index in [9.17, 15) is 49.7 Å². The van der Waals surface area contributed by atoms with Gasteiger partial charge in [-0.1, -0.05) is 54.6 Å². The third-order valence-electron chi connectivity index (χ3n) is 11.3. The minimum Gasteiger partial charge on any atom is -0.475 e. The number of rotatable bonds is 15. The van der Waals surface area contributed by atoms with Gasteiger partial charge in [0.1, 0.15) is 5.69 Å². The van der Waals surface area contributed by atoms with Gasteiger partial charge in [0.05, 0.1) is 15.4 Å². The molecule has 5 aromatic carbocycles. The Balaban J connectivity index is 0.00000101. The molecule has 2 atom stereocenters. The number of nitro benzene ring substituents is 1. The largest absolute Gasteiger partial charge is 0.490 e. The van der Waals surface area contributed by atoms with Crippen LogP contribution >= 0.6 is 11.8 Å². The number of nitrogens with zero attached hydrogens (tertiary/aromatic N) is 4. The number of hydrogen-bond acceptors (Lipinski definition) is 11. The van der Waals surface area contributed by atoms with E-state index in [2.05, 4.69) is 19.8 Å². The summed E-state index contributed by atoms with van der Waals surface area (Å²) in [5, 5.41) is 22.6. The van der Waals surface area contributed by atoms with E-state index in [0.29, 0.717) is 31.7 Å². The molecule has 0 saturated carbocycles. The van der Waals surface area contributed by atoms with Gasteiger partial charge in [-0.25, -0.2) is 17.9 Å². The van der Waals surface area contributed by atoms with E-state index in [-0.39, 0.29) is 23.3 Å². The number of nitro groups is 1. The van der Waals surface area contributed by atoms with Crippen molar-refractivity contribution in [2.24, 2.45) is 0 Å². The number of piperazine rings is 1. The number of hydrogen-bond donors (Lipinski definition) is 3. The van der Waals surface area contributed by atoms with Crippen molar-refractivity contribution >= 4 is 50.7 Å². The number of carbonyl (C=O) groups is 2. The third kappa shape index (κ3) is 13.5. The van der Waals surface area contributed by atoms with Crippen LogP contribution in [-0.2, 0) is 34.0 Å². The van der Waals surface area contributed by atoms with E-state index in [1.165, 1.54) is 24.3 Å². The number of fused-ring (bicyclic) bond motifs is 3. The highest BCUT2D eigenvalue weighted by Gasteiger charge is 2.38.